The van der Waals surface area contributed by atoms with Gasteiger partial charge >= 0.3 is 0 Å². The van der Waals surface area contributed by atoms with Crippen molar-refractivity contribution >= 4 is 53.9 Å². The van der Waals surface area contributed by atoms with Gasteiger partial charge in [0.1, 0.15) is 22.3 Å². The van der Waals surface area contributed by atoms with Crippen LogP contribution in [-0.4, -0.2) is 0 Å². The standard InChI is InChI=1S/C48H30O2S/c1-3-13-33(14-4-1)51(34-15-5-2-6-16-34)45-29-31(35-19-11-21-41-37-17-7-9-23-43(37)49-47(35)41)25-27-39(45)40-28-26-32(30-46(40)51)36-20-12-22-42-38-18-8-10-24-44(38)50-48(36)42/h1-30H. The fourth-order valence-electron chi connectivity index (χ4n) is 8.29. The Morgan fingerprint density at radius 2 is 0.725 bits per heavy atom. The molecule has 2 nitrogen and oxygen atoms in total. The van der Waals surface area contributed by atoms with E-state index in [1.807, 2.05) is 12.1 Å². The van der Waals surface area contributed by atoms with Crippen LogP contribution < -0.4 is 0 Å². The zero-order chi connectivity index (χ0) is 33.5. The van der Waals surface area contributed by atoms with E-state index in [2.05, 4.69) is 170 Å². The summed E-state index contributed by atoms with van der Waals surface area (Å²) in [5, 5.41) is 4.56. The minimum absolute atomic E-state index is 0.911. The van der Waals surface area contributed by atoms with Gasteiger partial charge in [0.15, 0.2) is 0 Å². The lowest BCUT2D eigenvalue weighted by atomic mass is 9.97. The molecular weight excluding hydrogens is 641 g/mol. The minimum Gasteiger partial charge on any atom is -0.455 e. The predicted octanol–water partition coefficient (Wildman–Crippen LogP) is 14.1. The molecule has 0 saturated carbocycles. The fraction of sp³-hybridized carbons (Fsp3) is 0. The van der Waals surface area contributed by atoms with Gasteiger partial charge in [-0.25, -0.2) is 0 Å². The first-order chi connectivity index (χ1) is 25.3. The van der Waals surface area contributed by atoms with E-state index in [1.165, 1.54) is 30.7 Å². The molecule has 8 aromatic carbocycles. The lowest BCUT2D eigenvalue weighted by Gasteiger charge is -2.39. The van der Waals surface area contributed by atoms with E-state index in [0.717, 1.165) is 66.1 Å². The van der Waals surface area contributed by atoms with Gasteiger partial charge in [-0.2, -0.15) is 0 Å². The molecule has 1 aliphatic heterocycles. The van der Waals surface area contributed by atoms with Gasteiger partial charge in [0.25, 0.3) is 0 Å². The number of furan rings is 2. The maximum Gasteiger partial charge on any atom is 0.143 e. The first-order valence-corrected chi connectivity index (χ1v) is 19.0. The van der Waals surface area contributed by atoms with Crippen LogP contribution in [0.1, 0.15) is 0 Å². The monoisotopic (exact) mass is 670 g/mol. The Hall–Kier alpha value is -6.29. The number of benzene rings is 8. The van der Waals surface area contributed by atoms with Gasteiger partial charge in [0, 0.05) is 52.3 Å². The second-order valence-corrected chi connectivity index (χ2v) is 16.3. The number of para-hydroxylation sites is 4. The Balaban J connectivity index is 1.20. The number of hydrogen-bond acceptors (Lipinski definition) is 2. The van der Waals surface area contributed by atoms with E-state index in [4.69, 9.17) is 8.83 Å². The average molecular weight is 671 g/mol. The molecule has 0 N–H and O–H groups in total. The molecule has 10 aromatic rings. The lowest BCUT2D eigenvalue weighted by molar-refractivity contribution is 0.669. The first-order valence-electron chi connectivity index (χ1n) is 17.3. The summed E-state index contributed by atoms with van der Waals surface area (Å²) in [6.45, 7) is 0. The summed E-state index contributed by atoms with van der Waals surface area (Å²) in [6, 6.07) is 66.1. The van der Waals surface area contributed by atoms with Crippen molar-refractivity contribution in [3.63, 3.8) is 0 Å². The average Bonchev–Trinajstić information content (AvgIpc) is 3.86. The zero-order valence-electron chi connectivity index (χ0n) is 27.5. The summed E-state index contributed by atoms with van der Waals surface area (Å²) in [5.74, 6) is 0. The van der Waals surface area contributed by atoms with Gasteiger partial charge < -0.3 is 8.83 Å². The summed E-state index contributed by atoms with van der Waals surface area (Å²) in [5.41, 5.74) is 10.8. The molecular formula is C48H30O2S. The highest BCUT2D eigenvalue weighted by Crippen LogP contribution is 2.80. The van der Waals surface area contributed by atoms with Crippen LogP contribution in [0.5, 0.6) is 0 Å². The maximum absolute atomic E-state index is 6.56. The molecule has 0 aliphatic carbocycles. The van der Waals surface area contributed by atoms with Gasteiger partial charge in [-0.1, -0.05) is 133 Å². The number of rotatable bonds is 4. The van der Waals surface area contributed by atoms with E-state index < -0.39 is 10.0 Å². The molecule has 3 heteroatoms. The van der Waals surface area contributed by atoms with Gasteiger partial charge in [-0.05, 0) is 70.8 Å². The number of hydrogen-bond donors (Lipinski definition) is 0. The third kappa shape index (κ3) is 4.01. The topological polar surface area (TPSA) is 26.3 Å². The molecule has 240 valence electrons. The van der Waals surface area contributed by atoms with Crippen molar-refractivity contribution in [1.82, 2.24) is 0 Å². The molecule has 0 amide bonds. The van der Waals surface area contributed by atoms with Gasteiger partial charge in [0.2, 0.25) is 0 Å². The van der Waals surface area contributed by atoms with E-state index in [9.17, 15) is 0 Å². The molecule has 1 aliphatic rings. The third-order valence-electron chi connectivity index (χ3n) is 10.5. The van der Waals surface area contributed by atoms with Crippen molar-refractivity contribution in [1.29, 1.82) is 0 Å². The van der Waals surface area contributed by atoms with Crippen molar-refractivity contribution in [3.8, 4) is 33.4 Å². The number of fused-ring (bicyclic) bond motifs is 9. The smallest absolute Gasteiger partial charge is 0.143 e. The van der Waals surface area contributed by atoms with Crippen LogP contribution in [0.25, 0.3) is 77.3 Å². The molecule has 0 saturated heterocycles. The first kappa shape index (κ1) is 28.5. The molecule has 0 bridgehead atoms. The van der Waals surface area contributed by atoms with Crippen LogP contribution in [0.2, 0.25) is 0 Å². The fourth-order valence-corrected chi connectivity index (χ4v) is 12.6. The van der Waals surface area contributed by atoms with Crippen LogP contribution in [0, 0.1) is 0 Å². The molecule has 0 atom stereocenters. The van der Waals surface area contributed by atoms with Crippen molar-refractivity contribution < 1.29 is 8.83 Å². The molecule has 0 spiro atoms. The van der Waals surface area contributed by atoms with Crippen LogP contribution in [0.3, 0.4) is 0 Å². The summed E-state index contributed by atoms with van der Waals surface area (Å²) < 4.78 is 13.1. The largest absolute Gasteiger partial charge is 0.455 e. The maximum atomic E-state index is 6.56. The molecule has 0 unspecified atom stereocenters. The normalized spacial score (nSPS) is 13.9. The Labute approximate surface area is 296 Å². The van der Waals surface area contributed by atoms with Crippen LogP contribution in [-0.2, 0) is 0 Å². The highest BCUT2D eigenvalue weighted by Gasteiger charge is 2.42. The Morgan fingerprint density at radius 3 is 1.20 bits per heavy atom. The van der Waals surface area contributed by atoms with Gasteiger partial charge in [0.05, 0.1) is 0 Å². The Bertz CT molecular complexity index is 2770. The van der Waals surface area contributed by atoms with Crippen LogP contribution in [0.15, 0.2) is 210 Å². The summed E-state index contributed by atoms with van der Waals surface area (Å²) in [6.07, 6.45) is 0. The molecule has 3 heterocycles. The van der Waals surface area contributed by atoms with Gasteiger partial charge in [-0.15, -0.1) is 10.0 Å². The molecule has 51 heavy (non-hydrogen) atoms. The second-order valence-electron chi connectivity index (χ2n) is 13.2. The molecule has 0 radical (unpaired) electrons. The third-order valence-corrected chi connectivity index (χ3v) is 14.5. The summed E-state index contributed by atoms with van der Waals surface area (Å²) in [7, 11) is -1.92. The SMILES string of the molecule is c1ccc(S2(c3ccccc3)c3cc(-c4cccc5c4oc4ccccc45)ccc3-c3ccc(-c4cccc5c4oc4ccccc45)cc32)cc1. The van der Waals surface area contributed by atoms with Crippen LogP contribution >= 0.6 is 10.0 Å². The molecule has 11 rings (SSSR count). The lowest BCUT2D eigenvalue weighted by Crippen LogP contribution is -2.02. The van der Waals surface area contributed by atoms with Crippen molar-refractivity contribution in [2.24, 2.45) is 0 Å². The zero-order valence-corrected chi connectivity index (χ0v) is 28.4. The summed E-state index contributed by atoms with van der Waals surface area (Å²) >= 11 is 0. The molecule has 2 aromatic heterocycles. The van der Waals surface area contributed by atoms with Gasteiger partial charge in [-0.3, -0.25) is 0 Å². The van der Waals surface area contributed by atoms with E-state index in [-0.39, 0.29) is 0 Å². The predicted molar refractivity (Wildman–Crippen MR) is 211 cm³/mol. The van der Waals surface area contributed by atoms with Crippen molar-refractivity contribution in [3.05, 3.63) is 182 Å². The quantitative estimate of drug-likeness (QED) is 0.186. The highest BCUT2D eigenvalue weighted by atomic mass is 32.3. The molecule has 0 fully saturated rings. The van der Waals surface area contributed by atoms with Crippen LogP contribution in [0.4, 0.5) is 0 Å². The van der Waals surface area contributed by atoms with E-state index >= 15 is 0 Å². The van der Waals surface area contributed by atoms with Crippen molar-refractivity contribution in [2.75, 3.05) is 0 Å². The van der Waals surface area contributed by atoms with Crippen molar-refractivity contribution in [2.45, 2.75) is 19.6 Å². The Morgan fingerprint density at radius 1 is 0.314 bits per heavy atom. The minimum atomic E-state index is -1.92. The highest BCUT2D eigenvalue weighted by molar-refractivity contribution is 8.34. The van der Waals surface area contributed by atoms with E-state index in [1.54, 1.807) is 0 Å². The second kappa shape index (κ2) is 10.9. The summed E-state index contributed by atoms with van der Waals surface area (Å²) in [4.78, 5) is 5.32. The van der Waals surface area contributed by atoms with E-state index in [0.29, 0.717) is 0 Å². The Kier molecular flexibility index (Phi) is 6.07.